The minimum absolute atomic E-state index is 0.207. The van der Waals surface area contributed by atoms with E-state index in [1.54, 1.807) is 0 Å². The molecule has 0 spiro atoms. The summed E-state index contributed by atoms with van der Waals surface area (Å²) < 4.78 is 0.622. The van der Waals surface area contributed by atoms with E-state index in [0.717, 1.165) is 12.8 Å². The molecule has 0 aromatic heterocycles. The first kappa shape index (κ1) is 14.1. The maximum atomic E-state index is 10.9. The number of hydrogen-bond acceptors (Lipinski definition) is 1. The van der Waals surface area contributed by atoms with Crippen molar-refractivity contribution < 1.29 is 4.79 Å². The van der Waals surface area contributed by atoms with Gasteiger partial charge in [-0.25, -0.2) is 0 Å². The Morgan fingerprint density at radius 1 is 1.00 bits per heavy atom. The normalized spacial score (nSPS) is 10.2. The van der Waals surface area contributed by atoms with Crippen LogP contribution in [0.5, 0.6) is 0 Å². The van der Waals surface area contributed by atoms with Gasteiger partial charge in [0.1, 0.15) is 0 Å². The zero-order valence-electron chi connectivity index (χ0n) is 8.77. The number of halogens is 2. The van der Waals surface area contributed by atoms with Crippen LogP contribution in [0.1, 0.15) is 58.3 Å². The molecule has 0 bridgehead atoms. The largest absolute Gasteiger partial charge is 0.272 e. The summed E-state index contributed by atoms with van der Waals surface area (Å²) in [4.78, 5) is 10.9. The molecule has 0 aliphatic heterocycles. The lowest BCUT2D eigenvalue weighted by Gasteiger charge is -2.03. The zero-order valence-corrected chi connectivity index (χ0v) is 10.3. The van der Waals surface area contributed by atoms with Crippen LogP contribution in [-0.4, -0.2) is 9.85 Å². The molecule has 0 radical (unpaired) electrons. The van der Waals surface area contributed by atoms with Gasteiger partial charge in [0.25, 0.3) is 5.91 Å². The minimum atomic E-state index is -0.207. The highest BCUT2D eigenvalue weighted by molar-refractivity contribution is 6.41. The number of amides is 1. The molecule has 0 atom stereocenters. The fourth-order valence-corrected chi connectivity index (χ4v) is 1.49. The van der Waals surface area contributed by atoms with Crippen molar-refractivity contribution >= 4 is 29.5 Å². The van der Waals surface area contributed by atoms with Crippen molar-refractivity contribution in [1.29, 1.82) is 0 Å². The van der Waals surface area contributed by atoms with E-state index in [9.17, 15) is 4.79 Å². The summed E-state index contributed by atoms with van der Waals surface area (Å²) in [6.07, 6.45) is 8.81. The molecule has 0 aliphatic carbocycles. The monoisotopic (exact) mass is 239 g/mol. The molecule has 2 nitrogen and oxygen atoms in total. The Bertz CT molecular complexity index is 151. The average molecular weight is 240 g/mol. The van der Waals surface area contributed by atoms with Crippen LogP contribution in [0.15, 0.2) is 0 Å². The molecule has 0 N–H and O–H groups in total. The molecule has 0 rings (SSSR count). The van der Waals surface area contributed by atoms with Crippen LogP contribution in [0, 0.1) is 0 Å². The fraction of sp³-hybridized carbons (Fsp3) is 0.900. The predicted molar refractivity (Wildman–Crippen MR) is 61.2 cm³/mol. The van der Waals surface area contributed by atoms with Crippen LogP contribution in [-0.2, 0) is 4.79 Å². The summed E-state index contributed by atoms with van der Waals surface area (Å²) >= 11 is 10.5. The highest BCUT2D eigenvalue weighted by Gasteiger charge is 2.06. The Balaban J connectivity index is 3.10. The molecule has 0 unspecified atom stereocenters. The van der Waals surface area contributed by atoms with Crippen LogP contribution in [0.3, 0.4) is 0 Å². The smallest absolute Gasteiger partial charge is 0.252 e. The number of carbonyl (C=O) groups excluding carboxylic acids is 1. The molecule has 0 heterocycles. The van der Waals surface area contributed by atoms with E-state index in [2.05, 4.69) is 6.92 Å². The van der Waals surface area contributed by atoms with Crippen LogP contribution < -0.4 is 0 Å². The summed E-state index contributed by atoms with van der Waals surface area (Å²) in [7, 11) is 0. The van der Waals surface area contributed by atoms with Crippen molar-refractivity contribution in [2.45, 2.75) is 58.3 Å². The summed E-state index contributed by atoms with van der Waals surface area (Å²) in [6, 6.07) is 0. The van der Waals surface area contributed by atoms with Crippen molar-refractivity contribution in [3.8, 4) is 0 Å². The van der Waals surface area contributed by atoms with E-state index < -0.39 is 0 Å². The lowest BCUT2D eigenvalue weighted by Crippen LogP contribution is -2.09. The Morgan fingerprint density at radius 3 is 2.00 bits per heavy atom. The van der Waals surface area contributed by atoms with Crippen LogP contribution in [0.2, 0.25) is 0 Å². The highest BCUT2D eigenvalue weighted by atomic mass is 35.5. The molecule has 0 aliphatic rings. The van der Waals surface area contributed by atoms with E-state index >= 15 is 0 Å². The number of nitrogens with zero attached hydrogens (tertiary/aromatic N) is 1. The standard InChI is InChI=1S/C10H19Cl2NO/c1-2-3-4-5-6-7-8-9-10(14)13(11)12/h2-9H2,1H3. The Hall–Kier alpha value is 0.0500. The van der Waals surface area contributed by atoms with Crippen molar-refractivity contribution in [2.75, 3.05) is 0 Å². The Kier molecular flexibility index (Phi) is 9.63. The van der Waals surface area contributed by atoms with E-state index in [4.69, 9.17) is 23.6 Å². The van der Waals surface area contributed by atoms with E-state index in [1.165, 1.54) is 32.1 Å². The first-order valence-electron chi connectivity index (χ1n) is 5.33. The third kappa shape index (κ3) is 8.64. The molecular formula is C10H19Cl2NO. The predicted octanol–water partition coefficient (Wildman–Crippen LogP) is 4.26. The van der Waals surface area contributed by atoms with Gasteiger partial charge in [0.05, 0.1) is 0 Å². The summed E-state index contributed by atoms with van der Waals surface area (Å²) in [5.41, 5.74) is 0. The van der Waals surface area contributed by atoms with Crippen molar-refractivity contribution in [3.63, 3.8) is 0 Å². The molecule has 0 aromatic carbocycles. The van der Waals surface area contributed by atoms with Crippen molar-refractivity contribution in [3.05, 3.63) is 0 Å². The van der Waals surface area contributed by atoms with Gasteiger partial charge in [-0.1, -0.05) is 45.4 Å². The van der Waals surface area contributed by atoms with Gasteiger partial charge in [-0.3, -0.25) is 4.79 Å². The Morgan fingerprint density at radius 2 is 1.50 bits per heavy atom. The van der Waals surface area contributed by atoms with Crippen LogP contribution >= 0.6 is 23.6 Å². The minimum Gasteiger partial charge on any atom is -0.272 e. The number of rotatable bonds is 8. The van der Waals surface area contributed by atoms with Crippen LogP contribution in [0.4, 0.5) is 0 Å². The number of unbranched alkanes of at least 4 members (excludes halogenated alkanes) is 6. The summed E-state index contributed by atoms with van der Waals surface area (Å²) in [6.45, 7) is 2.20. The second-order valence-corrected chi connectivity index (χ2v) is 4.35. The summed E-state index contributed by atoms with van der Waals surface area (Å²) in [5.74, 6) is -0.207. The number of carbonyl (C=O) groups is 1. The second-order valence-electron chi connectivity index (χ2n) is 3.50. The molecule has 0 aromatic rings. The van der Waals surface area contributed by atoms with Crippen molar-refractivity contribution in [2.24, 2.45) is 0 Å². The number of hydrogen-bond donors (Lipinski definition) is 0. The van der Waals surface area contributed by atoms with Gasteiger partial charge in [0.15, 0.2) is 0 Å². The van der Waals surface area contributed by atoms with Gasteiger partial charge in [-0.05, 0) is 6.42 Å². The quantitative estimate of drug-likeness (QED) is 0.458. The highest BCUT2D eigenvalue weighted by Crippen LogP contribution is 2.10. The topological polar surface area (TPSA) is 20.3 Å². The third-order valence-electron chi connectivity index (χ3n) is 2.18. The first-order chi connectivity index (χ1) is 6.68. The molecule has 4 heteroatoms. The molecular weight excluding hydrogens is 221 g/mol. The lowest BCUT2D eigenvalue weighted by atomic mass is 10.1. The van der Waals surface area contributed by atoms with Gasteiger partial charge in [-0.2, -0.15) is 3.94 Å². The van der Waals surface area contributed by atoms with E-state index in [0.29, 0.717) is 10.4 Å². The maximum absolute atomic E-state index is 10.9. The molecule has 0 saturated heterocycles. The second kappa shape index (κ2) is 9.60. The molecule has 84 valence electrons. The molecule has 1 amide bonds. The first-order valence-corrected chi connectivity index (χ1v) is 6.00. The fourth-order valence-electron chi connectivity index (χ4n) is 1.32. The van der Waals surface area contributed by atoms with Gasteiger partial charge in [0.2, 0.25) is 0 Å². The SMILES string of the molecule is CCCCCCCCCC(=O)N(Cl)Cl. The van der Waals surface area contributed by atoms with Crippen LogP contribution in [0.25, 0.3) is 0 Å². The molecule has 0 fully saturated rings. The maximum Gasteiger partial charge on any atom is 0.252 e. The summed E-state index contributed by atoms with van der Waals surface area (Å²) in [5, 5.41) is 0. The van der Waals surface area contributed by atoms with Gasteiger partial charge < -0.3 is 0 Å². The van der Waals surface area contributed by atoms with Gasteiger partial charge in [0, 0.05) is 30.0 Å². The van der Waals surface area contributed by atoms with E-state index in [-0.39, 0.29) is 5.91 Å². The third-order valence-corrected chi connectivity index (χ3v) is 2.56. The lowest BCUT2D eigenvalue weighted by molar-refractivity contribution is -0.123. The van der Waals surface area contributed by atoms with E-state index in [1.807, 2.05) is 0 Å². The molecule has 14 heavy (non-hydrogen) atoms. The zero-order chi connectivity index (χ0) is 10.8. The molecule has 0 saturated carbocycles. The average Bonchev–Trinajstić information content (AvgIpc) is 2.16. The Labute approximate surface area is 96.8 Å². The van der Waals surface area contributed by atoms with Gasteiger partial charge >= 0.3 is 0 Å². The van der Waals surface area contributed by atoms with Crippen molar-refractivity contribution in [1.82, 2.24) is 3.94 Å². The van der Waals surface area contributed by atoms with Gasteiger partial charge in [-0.15, -0.1) is 0 Å².